The monoisotopic (exact) mass is 579 g/mol. The van der Waals surface area contributed by atoms with Crippen molar-refractivity contribution in [3.63, 3.8) is 0 Å². The Hall–Kier alpha value is -4.07. The molecule has 2 atom stereocenters. The minimum absolute atomic E-state index is 0.163. The number of hydrogen-bond acceptors (Lipinski definition) is 7. The average molecular weight is 580 g/mol. The Morgan fingerprint density at radius 2 is 1.85 bits per heavy atom. The average Bonchev–Trinajstić information content (AvgIpc) is 2.97. The molecular formula is C26H28F3N5O5S. The number of ether oxygens (including phenoxy) is 1. The summed E-state index contributed by atoms with van der Waals surface area (Å²) in [6.45, 7) is -0.475. The van der Waals surface area contributed by atoms with Crippen LogP contribution in [0.2, 0.25) is 0 Å². The van der Waals surface area contributed by atoms with E-state index in [2.05, 4.69) is 22.7 Å². The highest BCUT2D eigenvalue weighted by atomic mass is 32.1. The van der Waals surface area contributed by atoms with Crippen molar-refractivity contribution in [2.24, 2.45) is 5.73 Å². The third kappa shape index (κ3) is 7.74. The molecule has 0 fully saturated rings. The van der Waals surface area contributed by atoms with Gasteiger partial charge in [-0.05, 0) is 42.5 Å². The summed E-state index contributed by atoms with van der Waals surface area (Å²) in [5.41, 5.74) is 6.93. The molecule has 10 nitrogen and oxygen atoms in total. The van der Waals surface area contributed by atoms with E-state index < -0.39 is 48.9 Å². The standard InChI is InChI=1S/C26H28F3N5O5S/c1-33-18-11-10-15(6-5-9-20(40)32-25(30)31)12-17(18)23(37)34(14-21(33)35)19(16-7-3-2-4-8-16)13-22(36)39-24(38)26(27,28)29/h2-4,7-8,10-12,19-20,40H,5-6,9,13-14H2,1H3,(H4,30,31,32). The number of hydrogen-bond donors (Lipinski definition) is 4. The van der Waals surface area contributed by atoms with Crippen LogP contribution in [0, 0.1) is 5.41 Å². The Labute approximate surface area is 233 Å². The SMILES string of the molecule is CN1C(=O)CN(C(CC(=O)OC(=O)C(F)(F)F)c2ccccc2)C(=O)c2cc(CCCC(S)NC(=N)N)ccc21. The summed E-state index contributed by atoms with van der Waals surface area (Å²) < 4.78 is 42.0. The summed E-state index contributed by atoms with van der Waals surface area (Å²) in [7, 11) is 1.49. The summed E-state index contributed by atoms with van der Waals surface area (Å²) in [6.07, 6.45) is -4.45. The van der Waals surface area contributed by atoms with Gasteiger partial charge >= 0.3 is 18.1 Å². The number of anilines is 1. The minimum Gasteiger partial charge on any atom is -0.386 e. The Kier molecular flexibility index (Phi) is 9.79. The summed E-state index contributed by atoms with van der Waals surface area (Å²) in [4.78, 5) is 52.9. The van der Waals surface area contributed by atoms with E-state index in [0.29, 0.717) is 30.5 Å². The van der Waals surface area contributed by atoms with Gasteiger partial charge in [-0.3, -0.25) is 19.8 Å². The van der Waals surface area contributed by atoms with Gasteiger partial charge in [0, 0.05) is 7.05 Å². The number of rotatable bonds is 9. The maximum absolute atomic E-state index is 13.8. The fourth-order valence-electron chi connectivity index (χ4n) is 4.26. The number of halogens is 3. The number of amides is 2. The maximum Gasteiger partial charge on any atom is 0.491 e. The van der Waals surface area contributed by atoms with Crippen molar-refractivity contribution in [1.29, 1.82) is 5.41 Å². The first-order valence-electron chi connectivity index (χ1n) is 12.1. The van der Waals surface area contributed by atoms with E-state index in [1.165, 1.54) is 11.9 Å². The minimum atomic E-state index is -5.38. The van der Waals surface area contributed by atoms with Crippen LogP contribution in [0.1, 0.15) is 46.8 Å². The number of likely N-dealkylation sites (N-methyl/N-ethyl adjacent to an activating group) is 1. The summed E-state index contributed by atoms with van der Waals surface area (Å²) in [5.74, 6) is -5.48. The molecule has 0 aromatic heterocycles. The molecule has 2 amide bonds. The van der Waals surface area contributed by atoms with Crippen LogP contribution in [0.4, 0.5) is 18.9 Å². The number of nitrogens with one attached hydrogen (secondary N) is 2. The van der Waals surface area contributed by atoms with Crippen molar-refractivity contribution < 1.29 is 37.1 Å². The number of guanidine groups is 1. The number of carbonyl (C=O) groups is 4. The van der Waals surface area contributed by atoms with Gasteiger partial charge in [0.05, 0.1) is 29.1 Å². The van der Waals surface area contributed by atoms with Crippen LogP contribution in [-0.4, -0.2) is 59.8 Å². The third-order valence-corrected chi connectivity index (χ3v) is 6.60. The second-order valence-electron chi connectivity index (χ2n) is 9.09. The van der Waals surface area contributed by atoms with E-state index in [1.807, 2.05) is 0 Å². The molecule has 0 saturated heterocycles. The van der Waals surface area contributed by atoms with Crippen molar-refractivity contribution in [3.8, 4) is 0 Å². The van der Waals surface area contributed by atoms with Gasteiger partial charge in [-0.25, -0.2) is 4.79 Å². The first-order valence-corrected chi connectivity index (χ1v) is 12.7. The van der Waals surface area contributed by atoms with E-state index in [9.17, 15) is 32.3 Å². The Morgan fingerprint density at radius 3 is 2.48 bits per heavy atom. The summed E-state index contributed by atoms with van der Waals surface area (Å²) in [5, 5.41) is 9.61. The van der Waals surface area contributed by atoms with Crippen molar-refractivity contribution in [2.75, 3.05) is 18.5 Å². The molecule has 2 unspecified atom stereocenters. The zero-order chi connectivity index (χ0) is 29.6. The predicted octanol–water partition coefficient (Wildman–Crippen LogP) is 2.93. The van der Waals surface area contributed by atoms with Crippen LogP contribution in [0.3, 0.4) is 0 Å². The molecule has 2 aromatic carbocycles. The highest BCUT2D eigenvalue weighted by Gasteiger charge is 2.43. The molecule has 0 radical (unpaired) electrons. The molecule has 0 saturated carbocycles. The van der Waals surface area contributed by atoms with Crippen LogP contribution < -0.4 is 16.0 Å². The third-order valence-electron chi connectivity index (χ3n) is 6.22. The zero-order valence-electron chi connectivity index (χ0n) is 21.4. The van der Waals surface area contributed by atoms with Crippen molar-refractivity contribution in [3.05, 3.63) is 65.2 Å². The smallest absolute Gasteiger partial charge is 0.386 e. The van der Waals surface area contributed by atoms with Crippen molar-refractivity contribution in [2.45, 2.75) is 43.3 Å². The van der Waals surface area contributed by atoms with Crippen molar-refractivity contribution in [1.82, 2.24) is 10.2 Å². The Bertz CT molecular complexity index is 1290. The molecule has 14 heteroatoms. The lowest BCUT2D eigenvalue weighted by molar-refractivity contribution is -0.202. The van der Waals surface area contributed by atoms with Crippen molar-refractivity contribution >= 4 is 48.0 Å². The number of thiol groups is 1. The number of nitrogens with zero attached hydrogens (tertiary/aromatic N) is 2. The van der Waals surface area contributed by atoms with Crippen LogP contribution in [0.15, 0.2) is 48.5 Å². The normalized spacial score (nSPS) is 15.1. The molecule has 1 aliphatic heterocycles. The molecule has 0 bridgehead atoms. The van der Waals surface area contributed by atoms with E-state index in [0.717, 1.165) is 10.5 Å². The van der Waals surface area contributed by atoms with Gasteiger partial charge in [-0.2, -0.15) is 25.8 Å². The highest BCUT2D eigenvalue weighted by molar-refractivity contribution is 7.80. The fraction of sp³-hybridized carbons (Fsp3) is 0.346. The van der Waals surface area contributed by atoms with Gasteiger partial charge in [-0.15, -0.1) is 0 Å². The number of alkyl halides is 3. The molecule has 0 spiro atoms. The molecule has 214 valence electrons. The highest BCUT2D eigenvalue weighted by Crippen LogP contribution is 2.33. The molecule has 2 aromatic rings. The van der Waals surface area contributed by atoms with E-state index in [1.54, 1.807) is 48.5 Å². The first kappa shape index (κ1) is 30.5. The Morgan fingerprint density at radius 1 is 1.18 bits per heavy atom. The largest absolute Gasteiger partial charge is 0.491 e. The van der Waals surface area contributed by atoms with Gasteiger partial charge in [0.2, 0.25) is 5.91 Å². The van der Waals surface area contributed by atoms with Gasteiger partial charge < -0.3 is 25.6 Å². The predicted molar refractivity (Wildman–Crippen MR) is 143 cm³/mol. The maximum atomic E-state index is 13.8. The van der Waals surface area contributed by atoms with Gasteiger partial charge in [0.25, 0.3) is 5.91 Å². The number of fused-ring (bicyclic) bond motifs is 1. The number of nitrogens with two attached hydrogens (primary N) is 1. The van der Waals surface area contributed by atoms with Crippen LogP contribution in [-0.2, 0) is 25.5 Å². The van der Waals surface area contributed by atoms with Gasteiger partial charge in [-0.1, -0.05) is 36.4 Å². The second kappa shape index (κ2) is 12.9. The lowest BCUT2D eigenvalue weighted by atomic mass is 9.99. The Balaban J connectivity index is 1.91. The lowest BCUT2D eigenvalue weighted by Crippen LogP contribution is -2.41. The number of carbonyl (C=O) groups excluding carboxylic acids is 4. The van der Waals surface area contributed by atoms with Crippen LogP contribution >= 0.6 is 12.6 Å². The van der Waals surface area contributed by atoms with Gasteiger partial charge in [0.1, 0.15) is 6.54 Å². The van der Waals surface area contributed by atoms with E-state index in [-0.39, 0.29) is 16.9 Å². The van der Waals surface area contributed by atoms with Crippen LogP contribution in [0.5, 0.6) is 0 Å². The molecule has 1 aliphatic rings. The molecule has 0 aliphatic carbocycles. The summed E-state index contributed by atoms with van der Waals surface area (Å²) in [6, 6.07) is 11.8. The number of esters is 2. The second-order valence-corrected chi connectivity index (χ2v) is 9.72. The molecule has 4 N–H and O–H groups in total. The topological polar surface area (TPSA) is 146 Å². The quantitative estimate of drug-likeness (QED) is 0.0893. The summed E-state index contributed by atoms with van der Waals surface area (Å²) >= 11 is 4.32. The van der Waals surface area contributed by atoms with E-state index in [4.69, 9.17) is 11.1 Å². The number of aryl methyl sites for hydroxylation is 1. The van der Waals surface area contributed by atoms with E-state index >= 15 is 0 Å². The molecule has 3 rings (SSSR count). The molecule has 40 heavy (non-hydrogen) atoms. The van der Waals surface area contributed by atoms with Gasteiger partial charge in [0.15, 0.2) is 5.96 Å². The molecular weight excluding hydrogens is 551 g/mol. The number of benzene rings is 2. The fourth-order valence-corrected chi connectivity index (χ4v) is 4.58. The first-order chi connectivity index (χ1) is 18.8. The van der Waals surface area contributed by atoms with Crippen LogP contribution in [0.25, 0.3) is 0 Å². The lowest BCUT2D eigenvalue weighted by Gasteiger charge is -2.30. The molecule has 1 heterocycles. The zero-order valence-corrected chi connectivity index (χ0v) is 22.3.